The Morgan fingerprint density at radius 2 is 1.96 bits per heavy atom. The zero-order chi connectivity index (χ0) is 18.5. The average molecular weight is 344 g/mol. The molecular weight excluding hydrogens is 320 g/mol. The summed E-state index contributed by atoms with van der Waals surface area (Å²) >= 11 is 0. The SMILES string of the molecule is COC1=C(N[C@H](C(=O)O)C(C)C)C[C@](O)(CO)CC1=NCC(=O)O. The highest BCUT2D eigenvalue weighted by atomic mass is 16.5. The predicted octanol–water partition coefficient (Wildman–Crippen LogP) is -0.414. The van der Waals surface area contributed by atoms with Gasteiger partial charge in [-0.25, -0.2) is 4.79 Å². The molecule has 9 nitrogen and oxygen atoms in total. The predicted molar refractivity (Wildman–Crippen MR) is 84.6 cm³/mol. The van der Waals surface area contributed by atoms with Gasteiger partial charge in [-0.05, 0) is 5.92 Å². The standard InChI is InChI=1S/C15H24N2O7/c1-8(2)12(14(21)22)17-10-5-15(23,7-18)4-9(13(10)24-3)16-6-11(19)20/h8,12,17-18,23H,4-7H2,1-3H3,(H,19,20)(H,21,22)/t12-,15-/m0/s1. The molecule has 0 fully saturated rings. The first-order valence-corrected chi connectivity index (χ1v) is 7.48. The minimum Gasteiger partial charge on any atom is -0.493 e. The molecule has 24 heavy (non-hydrogen) atoms. The van der Waals surface area contributed by atoms with Gasteiger partial charge in [0.1, 0.15) is 12.6 Å². The molecule has 1 aliphatic carbocycles. The Bertz CT molecular complexity index is 556. The molecule has 5 N–H and O–H groups in total. The van der Waals surface area contributed by atoms with Gasteiger partial charge in [-0.15, -0.1) is 0 Å². The Morgan fingerprint density at radius 1 is 1.33 bits per heavy atom. The van der Waals surface area contributed by atoms with Crippen molar-refractivity contribution in [3.8, 4) is 0 Å². The molecule has 0 heterocycles. The number of rotatable bonds is 8. The number of nitrogens with zero attached hydrogens (tertiary/aromatic N) is 1. The lowest BCUT2D eigenvalue weighted by molar-refractivity contribution is -0.140. The summed E-state index contributed by atoms with van der Waals surface area (Å²) < 4.78 is 5.25. The lowest BCUT2D eigenvalue weighted by atomic mass is 9.85. The summed E-state index contributed by atoms with van der Waals surface area (Å²) in [4.78, 5) is 26.0. The zero-order valence-corrected chi connectivity index (χ0v) is 13.9. The second kappa shape index (κ2) is 8.11. The van der Waals surface area contributed by atoms with Crippen molar-refractivity contribution in [3.63, 3.8) is 0 Å². The largest absolute Gasteiger partial charge is 0.493 e. The van der Waals surface area contributed by atoms with Crippen LogP contribution >= 0.6 is 0 Å². The fourth-order valence-electron chi connectivity index (χ4n) is 2.50. The van der Waals surface area contributed by atoms with Gasteiger partial charge >= 0.3 is 11.9 Å². The summed E-state index contributed by atoms with van der Waals surface area (Å²) in [6.07, 6.45) is -0.153. The molecule has 136 valence electrons. The van der Waals surface area contributed by atoms with E-state index in [4.69, 9.17) is 9.84 Å². The van der Waals surface area contributed by atoms with E-state index >= 15 is 0 Å². The van der Waals surface area contributed by atoms with Crippen LogP contribution in [0.25, 0.3) is 0 Å². The minimum absolute atomic E-state index is 0.0603. The van der Waals surface area contributed by atoms with E-state index in [-0.39, 0.29) is 35.9 Å². The van der Waals surface area contributed by atoms with Gasteiger partial charge in [-0.3, -0.25) is 9.79 Å². The molecule has 0 saturated carbocycles. The van der Waals surface area contributed by atoms with Crippen molar-refractivity contribution in [2.24, 2.45) is 10.9 Å². The lowest BCUT2D eigenvalue weighted by Gasteiger charge is -2.35. The van der Waals surface area contributed by atoms with Crippen molar-refractivity contribution >= 4 is 17.7 Å². The molecular formula is C15H24N2O7. The lowest BCUT2D eigenvalue weighted by Crippen LogP contribution is -2.48. The van der Waals surface area contributed by atoms with Crippen molar-refractivity contribution < 1.29 is 34.8 Å². The van der Waals surface area contributed by atoms with E-state index in [2.05, 4.69) is 10.3 Å². The number of hydrogen-bond acceptors (Lipinski definition) is 7. The highest BCUT2D eigenvalue weighted by Gasteiger charge is 2.39. The Labute approximate surface area is 139 Å². The summed E-state index contributed by atoms with van der Waals surface area (Å²) in [6, 6.07) is -0.938. The van der Waals surface area contributed by atoms with E-state index in [0.29, 0.717) is 0 Å². The maximum Gasteiger partial charge on any atom is 0.326 e. The van der Waals surface area contributed by atoms with E-state index in [0.717, 1.165) is 0 Å². The van der Waals surface area contributed by atoms with E-state index in [1.807, 2.05) is 0 Å². The van der Waals surface area contributed by atoms with E-state index in [1.165, 1.54) is 7.11 Å². The van der Waals surface area contributed by atoms with Crippen LogP contribution in [-0.4, -0.2) is 70.0 Å². The second-order valence-corrected chi connectivity index (χ2v) is 6.11. The van der Waals surface area contributed by atoms with Crippen molar-refractivity contribution in [1.29, 1.82) is 0 Å². The third-order valence-corrected chi connectivity index (χ3v) is 3.70. The number of aliphatic imine (C=N–C) groups is 1. The smallest absolute Gasteiger partial charge is 0.326 e. The van der Waals surface area contributed by atoms with Crippen LogP contribution in [0.15, 0.2) is 16.4 Å². The van der Waals surface area contributed by atoms with Crippen LogP contribution in [0.2, 0.25) is 0 Å². The molecule has 0 saturated heterocycles. The second-order valence-electron chi connectivity index (χ2n) is 6.11. The van der Waals surface area contributed by atoms with Crippen LogP contribution < -0.4 is 5.32 Å². The normalized spacial score (nSPS) is 24.2. The Kier molecular flexibility index (Phi) is 6.73. The third kappa shape index (κ3) is 4.93. The van der Waals surface area contributed by atoms with Gasteiger partial charge in [-0.1, -0.05) is 13.8 Å². The number of methoxy groups -OCH3 is 1. The number of nitrogens with one attached hydrogen (secondary N) is 1. The minimum atomic E-state index is -1.57. The van der Waals surface area contributed by atoms with Crippen molar-refractivity contribution in [1.82, 2.24) is 5.32 Å². The monoisotopic (exact) mass is 344 g/mol. The fourth-order valence-corrected chi connectivity index (χ4v) is 2.50. The highest BCUT2D eigenvalue weighted by Crippen LogP contribution is 2.31. The molecule has 0 radical (unpaired) electrons. The number of allylic oxidation sites excluding steroid dienone is 1. The molecule has 0 amide bonds. The molecule has 0 spiro atoms. The Hall–Kier alpha value is -2.13. The first-order valence-electron chi connectivity index (χ1n) is 7.48. The number of aliphatic carboxylic acids is 2. The van der Waals surface area contributed by atoms with E-state index < -0.39 is 36.7 Å². The molecule has 0 unspecified atom stereocenters. The van der Waals surface area contributed by atoms with Crippen LogP contribution in [0.4, 0.5) is 0 Å². The molecule has 0 aromatic carbocycles. The molecule has 1 aliphatic rings. The molecule has 9 heteroatoms. The van der Waals surface area contributed by atoms with Gasteiger partial charge < -0.3 is 30.5 Å². The highest BCUT2D eigenvalue weighted by molar-refractivity contribution is 6.01. The van der Waals surface area contributed by atoms with Gasteiger partial charge in [-0.2, -0.15) is 0 Å². The fraction of sp³-hybridized carbons (Fsp3) is 0.667. The van der Waals surface area contributed by atoms with Gasteiger partial charge in [0.25, 0.3) is 0 Å². The number of aliphatic hydroxyl groups is 2. The van der Waals surface area contributed by atoms with Crippen LogP contribution in [0, 0.1) is 5.92 Å². The van der Waals surface area contributed by atoms with Crippen LogP contribution in [0.1, 0.15) is 26.7 Å². The van der Waals surface area contributed by atoms with Crippen molar-refractivity contribution in [2.75, 3.05) is 20.3 Å². The Balaban J connectivity index is 3.29. The first kappa shape index (κ1) is 19.9. The quantitative estimate of drug-likeness (QED) is 0.399. The average Bonchev–Trinajstić information content (AvgIpc) is 2.49. The third-order valence-electron chi connectivity index (χ3n) is 3.70. The van der Waals surface area contributed by atoms with Crippen molar-refractivity contribution in [2.45, 2.75) is 38.3 Å². The number of hydrogen-bond donors (Lipinski definition) is 5. The molecule has 0 aliphatic heterocycles. The summed E-state index contributed by atoms with van der Waals surface area (Å²) in [5.74, 6) is -2.29. The number of ether oxygens (including phenoxy) is 1. The first-order chi connectivity index (χ1) is 11.1. The summed E-state index contributed by atoms with van der Waals surface area (Å²) in [5, 5.41) is 40.8. The van der Waals surface area contributed by atoms with Crippen molar-refractivity contribution in [3.05, 3.63) is 11.5 Å². The van der Waals surface area contributed by atoms with Gasteiger partial charge in [0.15, 0.2) is 5.76 Å². The maximum atomic E-state index is 11.4. The summed E-state index contributed by atoms with van der Waals surface area (Å²) in [5.41, 5.74) is -1.13. The zero-order valence-electron chi connectivity index (χ0n) is 13.9. The van der Waals surface area contributed by atoms with E-state index in [1.54, 1.807) is 13.8 Å². The molecule has 2 atom stereocenters. The van der Waals surface area contributed by atoms with Crippen LogP contribution in [0.3, 0.4) is 0 Å². The van der Waals surface area contributed by atoms with Gasteiger partial charge in [0.05, 0.1) is 30.7 Å². The van der Waals surface area contributed by atoms with Crippen LogP contribution in [-0.2, 0) is 14.3 Å². The van der Waals surface area contributed by atoms with Gasteiger partial charge in [0, 0.05) is 12.8 Å². The topological polar surface area (TPSA) is 149 Å². The Morgan fingerprint density at radius 3 is 2.38 bits per heavy atom. The number of carboxylic acids is 2. The number of aliphatic hydroxyl groups excluding tert-OH is 1. The number of carboxylic acid groups (broad SMARTS) is 2. The molecule has 0 bridgehead atoms. The number of carbonyl (C=O) groups is 2. The summed E-state index contributed by atoms with van der Waals surface area (Å²) in [7, 11) is 1.35. The molecule has 0 aromatic rings. The van der Waals surface area contributed by atoms with Crippen LogP contribution in [0.5, 0.6) is 0 Å². The molecule has 1 rings (SSSR count). The molecule has 0 aromatic heterocycles. The maximum absolute atomic E-state index is 11.4. The van der Waals surface area contributed by atoms with Gasteiger partial charge in [0.2, 0.25) is 0 Å². The summed E-state index contributed by atoms with van der Waals surface area (Å²) in [6.45, 7) is 2.34. The van der Waals surface area contributed by atoms with E-state index in [9.17, 15) is 24.9 Å².